The minimum atomic E-state index is -0.202. The fourth-order valence-electron chi connectivity index (χ4n) is 2.74. The van der Waals surface area contributed by atoms with Crippen LogP contribution in [0.1, 0.15) is 25.5 Å². The smallest absolute Gasteiger partial charge is 0.0653 e. The monoisotopic (exact) mass is 317 g/mol. The number of morpholine rings is 1. The van der Waals surface area contributed by atoms with Crippen molar-refractivity contribution < 1.29 is 4.74 Å². The Bertz CT molecular complexity index is 462. The predicted molar refractivity (Wildman–Crippen MR) is 83.0 cm³/mol. The average molecular weight is 318 g/mol. The maximum Gasteiger partial charge on any atom is 0.0653 e. The van der Waals surface area contributed by atoms with Gasteiger partial charge < -0.3 is 4.74 Å². The summed E-state index contributed by atoms with van der Waals surface area (Å²) in [6.45, 7) is 7.54. The van der Waals surface area contributed by atoms with E-state index in [1.54, 1.807) is 6.07 Å². The Morgan fingerprint density at radius 2 is 1.95 bits per heavy atom. The first-order valence-corrected chi connectivity index (χ1v) is 7.47. The van der Waals surface area contributed by atoms with Crippen LogP contribution in [0.4, 0.5) is 0 Å². The van der Waals surface area contributed by atoms with Crippen LogP contribution in [0.15, 0.2) is 18.2 Å². The number of nitrogens with zero attached hydrogens (tertiary/aromatic N) is 1. The third-order valence-electron chi connectivity index (χ3n) is 3.99. The first kappa shape index (κ1) is 16.0. The summed E-state index contributed by atoms with van der Waals surface area (Å²) in [5.41, 5.74) is 3.61. The predicted octanol–water partition coefficient (Wildman–Crippen LogP) is 2.61. The molecule has 20 heavy (non-hydrogen) atoms. The van der Waals surface area contributed by atoms with E-state index in [1.165, 1.54) is 0 Å². The number of nitrogens with two attached hydrogens (primary N) is 1. The summed E-state index contributed by atoms with van der Waals surface area (Å²) in [4.78, 5) is 2.36. The molecule has 1 saturated heterocycles. The number of hydrogen-bond acceptors (Lipinski definition) is 4. The van der Waals surface area contributed by atoms with Crippen molar-refractivity contribution in [3.05, 3.63) is 33.8 Å². The van der Waals surface area contributed by atoms with E-state index in [1.807, 2.05) is 12.1 Å². The average Bonchev–Trinajstić information content (AvgIpc) is 2.45. The normalized spacial score (nSPS) is 19.1. The lowest BCUT2D eigenvalue weighted by atomic mass is 9.87. The van der Waals surface area contributed by atoms with Gasteiger partial charge in [0.1, 0.15) is 0 Å². The largest absolute Gasteiger partial charge is 0.379 e. The van der Waals surface area contributed by atoms with Crippen molar-refractivity contribution >= 4 is 23.2 Å². The van der Waals surface area contributed by atoms with Crippen molar-refractivity contribution in [2.24, 2.45) is 5.84 Å². The summed E-state index contributed by atoms with van der Waals surface area (Å²) in [5.74, 6) is 5.81. The van der Waals surface area contributed by atoms with Gasteiger partial charge in [-0.15, -0.1) is 0 Å². The minimum Gasteiger partial charge on any atom is -0.379 e. The molecule has 0 radical (unpaired) electrons. The fraction of sp³-hybridized carbons (Fsp3) is 0.571. The highest BCUT2D eigenvalue weighted by Crippen LogP contribution is 2.37. The van der Waals surface area contributed by atoms with Crippen molar-refractivity contribution in [1.29, 1.82) is 0 Å². The van der Waals surface area contributed by atoms with Crippen LogP contribution < -0.4 is 11.3 Å². The van der Waals surface area contributed by atoms with Crippen molar-refractivity contribution in [1.82, 2.24) is 10.3 Å². The number of hydrogen-bond donors (Lipinski definition) is 2. The molecule has 1 aliphatic heterocycles. The van der Waals surface area contributed by atoms with Gasteiger partial charge in [-0.1, -0.05) is 35.3 Å². The topological polar surface area (TPSA) is 50.5 Å². The molecule has 1 unspecified atom stereocenters. The standard InChI is InChI=1S/C14H21Cl2N3O/c1-14(2,19-6-8-20-9-7-19)13(18-17)10-4-3-5-11(15)12(10)16/h3-5,13,18H,6-9,17H2,1-2H3. The third-order valence-corrected chi connectivity index (χ3v) is 4.83. The number of halogens is 2. The number of benzene rings is 1. The quantitative estimate of drug-likeness (QED) is 0.662. The van der Waals surface area contributed by atoms with E-state index in [0.29, 0.717) is 10.0 Å². The molecule has 112 valence electrons. The maximum atomic E-state index is 6.34. The molecule has 1 heterocycles. The molecule has 6 heteroatoms. The van der Waals surface area contributed by atoms with Gasteiger partial charge in [-0.2, -0.15) is 0 Å². The molecule has 1 atom stereocenters. The summed E-state index contributed by atoms with van der Waals surface area (Å²) < 4.78 is 5.42. The lowest BCUT2D eigenvalue weighted by molar-refractivity contribution is -0.0238. The molecule has 0 aliphatic carbocycles. The highest BCUT2D eigenvalue weighted by molar-refractivity contribution is 6.42. The van der Waals surface area contributed by atoms with Gasteiger partial charge in [-0.05, 0) is 25.5 Å². The molecule has 0 aromatic heterocycles. The molecule has 3 N–H and O–H groups in total. The van der Waals surface area contributed by atoms with Crippen LogP contribution in [-0.4, -0.2) is 36.7 Å². The SMILES string of the molecule is CC(C)(C(NN)c1cccc(Cl)c1Cl)N1CCOCC1. The number of nitrogens with one attached hydrogen (secondary N) is 1. The number of hydrazine groups is 1. The van der Waals surface area contributed by atoms with E-state index in [2.05, 4.69) is 24.2 Å². The van der Waals surface area contributed by atoms with Crippen LogP contribution in [0.25, 0.3) is 0 Å². The third kappa shape index (κ3) is 3.11. The van der Waals surface area contributed by atoms with E-state index >= 15 is 0 Å². The molecule has 0 amide bonds. The van der Waals surface area contributed by atoms with Crippen LogP contribution in [0.5, 0.6) is 0 Å². The molecule has 0 spiro atoms. The van der Waals surface area contributed by atoms with Gasteiger partial charge in [0, 0.05) is 18.6 Å². The van der Waals surface area contributed by atoms with Crippen LogP contribution in [-0.2, 0) is 4.74 Å². The Balaban J connectivity index is 2.32. The van der Waals surface area contributed by atoms with E-state index in [4.69, 9.17) is 33.8 Å². The van der Waals surface area contributed by atoms with E-state index in [-0.39, 0.29) is 11.6 Å². The van der Waals surface area contributed by atoms with E-state index in [0.717, 1.165) is 31.9 Å². The van der Waals surface area contributed by atoms with Crippen molar-refractivity contribution in [3.8, 4) is 0 Å². The first-order chi connectivity index (χ1) is 9.48. The Kier molecular flexibility index (Phi) is 5.29. The van der Waals surface area contributed by atoms with Gasteiger partial charge in [-0.25, -0.2) is 0 Å². The van der Waals surface area contributed by atoms with E-state index in [9.17, 15) is 0 Å². The molecular formula is C14H21Cl2N3O. The highest BCUT2D eigenvalue weighted by atomic mass is 35.5. The van der Waals surface area contributed by atoms with Gasteiger partial charge in [0.15, 0.2) is 0 Å². The lowest BCUT2D eigenvalue weighted by Crippen LogP contribution is -2.57. The zero-order valence-corrected chi connectivity index (χ0v) is 13.3. The molecule has 4 nitrogen and oxygen atoms in total. The molecule has 1 aromatic rings. The zero-order valence-electron chi connectivity index (χ0n) is 11.8. The summed E-state index contributed by atoms with van der Waals surface area (Å²) in [6, 6.07) is 5.51. The minimum absolute atomic E-state index is 0.119. The summed E-state index contributed by atoms with van der Waals surface area (Å²) in [7, 11) is 0. The molecule has 1 aromatic carbocycles. The highest BCUT2D eigenvalue weighted by Gasteiger charge is 2.37. The van der Waals surface area contributed by atoms with Crippen LogP contribution in [0.3, 0.4) is 0 Å². The second-order valence-electron chi connectivity index (χ2n) is 5.50. The van der Waals surface area contributed by atoms with Gasteiger partial charge in [0.25, 0.3) is 0 Å². The van der Waals surface area contributed by atoms with Crippen molar-refractivity contribution in [2.75, 3.05) is 26.3 Å². The second-order valence-corrected chi connectivity index (χ2v) is 6.28. The lowest BCUT2D eigenvalue weighted by Gasteiger charge is -2.45. The Morgan fingerprint density at radius 1 is 1.30 bits per heavy atom. The number of rotatable bonds is 4. The Morgan fingerprint density at radius 3 is 2.55 bits per heavy atom. The Labute approximate surface area is 130 Å². The van der Waals surface area contributed by atoms with Crippen molar-refractivity contribution in [3.63, 3.8) is 0 Å². The molecule has 0 bridgehead atoms. The van der Waals surface area contributed by atoms with Gasteiger partial charge in [0.2, 0.25) is 0 Å². The molecule has 2 rings (SSSR count). The summed E-state index contributed by atoms with van der Waals surface area (Å²) in [6.07, 6.45) is 0. The van der Waals surface area contributed by atoms with Gasteiger partial charge in [0.05, 0.1) is 29.3 Å². The van der Waals surface area contributed by atoms with Crippen LogP contribution >= 0.6 is 23.2 Å². The van der Waals surface area contributed by atoms with Gasteiger partial charge >= 0.3 is 0 Å². The Hall–Kier alpha value is -0.360. The molecule has 1 fully saturated rings. The molecule has 1 aliphatic rings. The van der Waals surface area contributed by atoms with Crippen LogP contribution in [0, 0.1) is 0 Å². The summed E-state index contributed by atoms with van der Waals surface area (Å²) >= 11 is 12.5. The maximum absolute atomic E-state index is 6.34. The van der Waals surface area contributed by atoms with E-state index < -0.39 is 0 Å². The second kappa shape index (κ2) is 6.60. The van der Waals surface area contributed by atoms with Gasteiger partial charge in [-0.3, -0.25) is 16.2 Å². The number of ether oxygens (including phenoxy) is 1. The van der Waals surface area contributed by atoms with Crippen molar-refractivity contribution in [2.45, 2.75) is 25.4 Å². The molecular weight excluding hydrogens is 297 g/mol. The summed E-state index contributed by atoms with van der Waals surface area (Å²) in [5, 5.41) is 1.10. The van der Waals surface area contributed by atoms with Crippen LogP contribution in [0.2, 0.25) is 10.0 Å². The molecule has 0 saturated carbocycles. The first-order valence-electron chi connectivity index (χ1n) is 6.71. The zero-order chi connectivity index (χ0) is 14.8. The fourth-order valence-corrected chi connectivity index (χ4v) is 3.16.